The fourth-order valence-electron chi connectivity index (χ4n) is 1.78. The zero-order valence-electron chi connectivity index (χ0n) is 10.1. The molecule has 6 heteroatoms. The Kier molecular flexibility index (Phi) is 6.10. The number of rotatable bonds is 3. The Morgan fingerprint density at radius 3 is 2.22 bits per heavy atom. The van der Waals surface area contributed by atoms with E-state index in [9.17, 15) is 17.6 Å². The van der Waals surface area contributed by atoms with E-state index in [0.29, 0.717) is 6.42 Å². The van der Waals surface area contributed by atoms with E-state index in [-0.39, 0.29) is 23.9 Å². The summed E-state index contributed by atoms with van der Waals surface area (Å²) in [5.41, 5.74) is 4.28. The van der Waals surface area contributed by atoms with Gasteiger partial charge in [-0.1, -0.05) is 26.0 Å². The second-order valence-electron chi connectivity index (χ2n) is 4.44. The lowest BCUT2D eigenvalue weighted by molar-refractivity contribution is -0.140. The van der Waals surface area contributed by atoms with Gasteiger partial charge in [-0.2, -0.15) is 13.2 Å². The lowest BCUT2D eigenvalue weighted by Crippen LogP contribution is -2.20. The molecule has 0 saturated carbocycles. The highest BCUT2D eigenvalue weighted by molar-refractivity contribution is 5.85. The van der Waals surface area contributed by atoms with Crippen molar-refractivity contribution in [3.63, 3.8) is 0 Å². The smallest absolute Gasteiger partial charge is 0.324 e. The maximum absolute atomic E-state index is 13.3. The van der Waals surface area contributed by atoms with Gasteiger partial charge in [-0.25, -0.2) is 4.39 Å². The Labute approximate surface area is 110 Å². The van der Waals surface area contributed by atoms with Crippen LogP contribution in [0.3, 0.4) is 0 Å². The minimum Gasteiger partial charge on any atom is -0.324 e. The molecular weight excluding hydrogens is 270 g/mol. The molecule has 0 unspecified atom stereocenters. The van der Waals surface area contributed by atoms with Crippen LogP contribution in [0.2, 0.25) is 0 Å². The first-order valence-corrected chi connectivity index (χ1v) is 5.34. The summed E-state index contributed by atoms with van der Waals surface area (Å²) in [4.78, 5) is 0. The summed E-state index contributed by atoms with van der Waals surface area (Å²) in [5, 5.41) is 0. The van der Waals surface area contributed by atoms with Crippen molar-refractivity contribution < 1.29 is 17.6 Å². The van der Waals surface area contributed by atoms with Crippen LogP contribution in [0.15, 0.2) is 18.2 Å². The minimum absolute atomic E-state index is 0. The van der Waals surface area contributed by atoms with Gasteiger partial charge in [-0.05, 0) is 24.0 Å². The quantitative estimate of drug-likeness (QED) is 0.823. The molecular formula is C12H16ClF4N. The zero-order valence-corrected chi connectivity index (χ0v) is 10.9. The molecule has 0 fully saturated rings. The van der Waals surface area contributed by atoms with E-state index in [2.05, 4.69) is 0 Å². The van der Waals surface area contributed by atoms with Gasteiger partial charge in [0, 0.05) is 6.04 Å². The first-order valence-electron chi connectivity index (χ1n) is 5.34. The Bertz CT molecular complexity index is 390. The third-order valence-electron chi connectivity index (χ3n) is 2.45. The molecule has 2 N–H and O–H groups in total. The SMILES string of the molecule is CC(C)C[C@@H](N)c1cccc(F)c1C(F)(F)F.Cl. The molecule has 0 aromatic heterocycles. The molecule has 0 aliphatic heterocycles. The van der Waals surface area contributed by atoms with E-state index in [1.165, 1.54) is 12.1 Å². The average molecular weight is 286 g/mol. The molecule has 1 rings (SSSR count). The number of hydrogen-bond acceptors (Lipinski definition) is 1. The highest BCUT2D eigenvalue weighted by Gasteiger charge is 2.37. The van der Waals surface area contributed by atoms with Gasteiger partial charge < -0.3 is 5.73 Å². The largest absolute Gasteiger partial charge is 0.419 e. The molecule has 0 aliphatic rings. The van der Waals surface area contributed by atoms with Gasteiger partial charge in [0.1, 0.15) is 5.82 Å². The van der Waals surface area contributed by atoms with Crippen molar-refractivity contribution in [2.75, 3.05) is 0 Å². The Morgan fingerprint density at radius 2 is 1.78 bits per heavy atom. The molecule has 0 aliphatic carbocycles. The Hall–Kier alpha value is -0.810. The highest BCUT2D eigenvalue weighted by atomic mass is 35.5. The number of alkyl halides is 3. The summed E-state index contributed by atoms with van der Waals surface area (Å²) in [5.74, 6) is -1.12. The molecule has 1 aromatic rings. The summed E-state index contributed by atoms with van der Waals surface area (Å²) >= 11 is 0. The van der Waals surface area contributed by atoms with Crippen molar-refractivity contribution >= 4 is 12.4 Å². The standard InChI is InChI=1S/C12H15F4N.ClH/c1-7(2)6-10(17)8-4-3-5-9(13)11(8)12(14,15)16;/h3-5,7,10H,6,17H2,1-2H3;1H/t10-;/m1./s1. The van der Waals surface area contributed by atoms with E-state index < -0.39 is 23.6 Å². The average Bonchev–Trinajstić information content (AvgIpc) is 2.14. The number of halogens is 5. The fraction of sp³-hybridized carbons (Fsp3) is 0.500. The van der Waals surface area contributed by atoms with Gasteiger partial charge in [0.25, 0.3) is 0 Å². The summed E-state index contributed by atoms with van der Waals surface area (Å²) in [6, 6.07) is 2.48. The summed E-state index contributed by atoms with van der Waals surface area (Å²) < 4.78 is 51.4. The molecule has 0 radical (unpaired) electrons. The van der Waals surface area contributed by atoms with Crippen LogP contribution in [-0.4, -0.2) is 0 Å². The lowest BCUT2D eigenvalue weighted by atomic mass is 9.93. The summed E-state index contributed by atoms with van der Waals surface area (Å²) in [6.07, 6.45) is -4.33. The van der Waals surface area contributed by atoms with Gasteiger partial charge in [-0.3, -0.25) is 0 Å². The molecule has 1 aromatic carbocycles. The molecule has 0 spiro atoms. The lowest BCUT2D eigenvalue weighted by Gasteiger charge is -2.20. The molecule has 104 valence electrons. The fourth-order valence-corrected chi connectivity index (χ4v) is 1.78. The van der Waals surface area contributed by atoms with Gasteiger partial charge >= 0.3 is 6.18 Å². The molecule has 1 atom stereocenters. The van der Waals surface area contributed by atoms with E-state index in [4.69, 9.17) is 5.73 Å². The summed E-state index contributed by atoms with van der Waals surface area (Å²) in [7, 11) is 0. The third-order valence-corrected chi connectivity index (χ3v) is 2.45. The Balaban J connectivity index is 0.00000289. The molecule has 0 bridgehead atoms. The van der Waals surface area contributed by atoms with E-state index in [0.717, 1.165) is 6.07 Å². The van der Waals surface area contributed by atoms with Gasteiger partial charge in [0.15, 0.2) is 0 Å². The van der Waals surface area contributed by atoms with Crippen molar-refractivity contribution in [3.8, 4) is 0 Å². The molecule has 0 heterocycles. The van der Waals surface area contributed by atoms with Crippen molar-refractivity contribution in [2.45, 2.75) is 32.5 Å². The molecule has 0 saturated heterocycles. The number of benzene rings is 1. The van der Waals surface area contributed by atoms with Crippen LogP contribution < -0.4 is 5.73 Å². The first kappa shape index (κ1) is 17.2. The summed E-state index contributed by atoms with van der Waals surface area (Å²) in [6.45, 7) is 3.71. The van der Waals surface area contributed by atoms with Crippen LogP contribution >= 0.6 is 12.4 Å². The van der Waals surface area contributed by atoms with Crippen LogP contribution in [-0.2, 0) is 6.18 Å². The van der Waals surface area contributed by atoms with Crippen LogP contribution in [0.1, 0.15) is 37.4 Å². The van der Waals surface area contributed by atoms with Crippen molar-refractivity contribution in [3.05, 3.63) is 35.1 Å². The first-order chi connectivity index (χ1) is 7.73. The van der Waals surface area contributed by atoms with Gasteiger partial charge in [-0.15, -0.1) is 12.4 Å². The van der Waals surface area contributed by atoms with Crippen molar-refractivity contribution in [1.82, 2.24) is 0 Å². The van der Waals surface area contributed by atoms with E-state index in [1.807, 2.05) is 13.8 Å². The van der Waals surface area contributed by atoms with Gasteiger partial charge in [0.2, 0.25) is 0 Å². The van der Waals surface area contributed by atoms with Crippen LogP contribution in [0.4, 0.5) is 17.6 Å². The van der Waals surface area contributed by atoms with Crippen molar-refractivity contribution in [2.24, 2.45) is 11.7 Å². The van der Waals surface area contributed by atoms with Crippen LogP contribution in [0, 0.1) is 11.7 Å². The monoisotopic (exact) mass is 285 g/mol. The normalized spacial score (nSPS) is 13.3. The maximum atomic E-state index is 13.3. The number of hydrogen-bond donors (Lipinski definition) is 1. The topological polar surface area (TPSA) is 26.0 Å². The third kappa shape index (κ3) is 4.14. The second kappa shape index (κ2) is 6.38. The minimum atomic E-state index is -4.71. The van der Waals surface area contributed by atoms with Gasteiger partial charge in [0.05, 0.1) is 5.56 Å². The predicted octanol–water partition coefficient (Wildman–Crippen LogP) is 4.31. The Morgan fingerprint density at radius 1 is 1.22 bits per heavy atom. The van der Waals surface area contributed by atoms with Crippen LogP contribution in [0.5, 0.6) is 0 Å². The highest BCUT2D eigenvalue weighted by Crippen LogP contribution is 2.37. The second-order valence-corrected chi connectivity index (χ2v) is 4.44. The van der Waals surface area contributed by atoms with Crippen molar-refractivity contribution in [1.29, 1.82) is 0 Å². The molecule has 0 amide bonds. The van der Waals surface area contributed by atoms with E-state index >= 15 is 0 Å². The predicted molar refractivity (Wildman–Crippen MR) is 65.0 cm³/mol. The number of nitrogens with two attached hydrogens (primary N) is 1. The maximum Gasteiger partial charge on any atom is 0.419 e. The van der Waals surface area contributed by atoms with E-state index in [1.54, 1.807) is 0 Å². The molecule has 18 heavy (non-hydrogen) atoms. The zero-order chi connectivity index (χ0) is 13.2. The van der Waals surface area contributed by atoms with Crippen LogP contribution in [0.25, 0.3) is 0 Å². The molecule has 1 nitrogen and oxygen atoms in total.